The Labute approximate surface area is 566 Å². The molecule has 2 N–H and O–H groups in total. The molecule has 0 amide bonds. The second-order valence-corrected chi connectivity index (χ2v) is 42.3. The first-order valence-corrected chi connectivity index (χ1v) is 41.4. The highest BCUT2D eigenvalue weighted by atomic mass is 79.9. The van der Waals surface area contributed by atoms with Crippen LogP contribution in [-0.2, 0) is 27.9 Å². The van der Waals surface area contributed by atoms with Crippen LogP contribution in [0.15, 0.2) is 144 Å². The van der Waals surface area contributed by atoms with Crippen LogP contribution in [0, 0.1) is 70.5 Å². The van der Waals surface area contributed by atoms with Gasteiger partial charge in [0.2, 0.25) is 0 Å². The maximum atomic E-state index is 12.5. The van der Waals surface area contributed by atoms with Crippen LogP contribution in [0.25, 0.3) is 0 Å². The summed E-state index contributed by atoms with van der Waals surface area (Å²) in [6, 6.07) is 20.5. The third-order valence-corrected chi connectivity index (χ3v) is 34.2. The van der Waals surface area contributed by atoms with E-state index in [4.69, 9.17) is 24.7 Å². The number of allylic oxidation sites excluding steroid dienone is 4. The van der Waals surface area contributed by atoms with E-state index in [9.17, 15) is 19.8 Å². The van der Waals surface area contributed by atoms with E-state index in [1.54, 1.807) is 5.57 Å². The Morgan fingerprint density at radius 3 is 1.57 bits per heavy atom. The summed E-state index contributed by atoms with van der Waals surface area (Å²) >= 11 is 3.62. The lowest BCUT2D eigenvalue weighted by molar-refractivity contribution is -0.140. The molecule has 18 atom stereocenters. The van der Waals surface area contributed by atoms with Crippen molar-refractivity contribution in [3.63, 3.8) is 0 Å². The van der Waals surface area contributed by atoms with E-state index in [1.165, 1.54) is 63.4 Å². The Morgan fingerprint density at radius 2 is 1.14 bits per heavy atom. The first kappa shape index (κ1) is 76.8. The molecule has 2 aromatic carbocycles. The zero-order valence-electron chi connectivity index (χ0n) is 59.3. The predicted molar refractivity (Wildman–Crippen MR) is 388 cm³/mol. The molecule has 0 aromatic heterocycles. The fourth-order valence-electron chi connectivity index (χ4n) is 17.0. The molecule has 0 unspecified atom stereocenters. The normalized spacial score (nSPS) is 33.0. The maximum absolute atomic E-state index is 12.5. The average Bonchev–Trinajstić information content (AvgIpc) is 1.59. The molecular weight excluding hydrogens is 1240 g/mol. The summed E-state index contributed by atoms with van der Waals surface area (Å²) < 4.78 is 25.0. The van der Waals surface area contributed by atoms with Gasteiger partial charge in [0, 0.05) is 29.4 Å². The van der Waals surface area contributed by atoms with Gasteiger partial charge in [-0.15, -0.1) is 18.9 Å². The van der Waals surface area contributed by atoms with Crippen LogP contribution in [0.2, 0.25) is 36.3 Å². The van der Waals surface area contributed by atoms with E-state index in [0.717, 1.165) is 41.5 Å². The van der Waals surface area contributed by atoms with Crippen molar-refractivity contribution in [3.05, 3.63) is 155 Å². The standard InChI is InChI=1S/C34H44O4.C25H31BrO2.C21H42O2Si2.FH/c1-20(18-30-31(23(4)33(37)38-30)25-10-7-6-8-11-25)27-15-16-28-24(12-9-17-34(27,28)5)13-14-26-19-29(35)22(3)32(36)21(26)2;1-16(20-11-12-21-19(15-26)10-7-13-25(20,21)3)14-22-23(17(2)24(27)28-22)18-8-5-4-6-9-18;1-14-16-19(23-25(12,13)21(7,8)9)17(3)18(15-2)22-24(10,11)20(4,5)6;/h6-8,10-11,13-14,20,22,27-32,35-36H,2,4,9,12,15-19H2,1,3,5H3;4-6,8-9,15-16,20-23H,2,7,10-14H2,1,3H3;1,15,17-19H,2,16H2,3-13H3;1H/b24-13+,26-14-;19-15+;;/t20-,22+,27-,28+,29-,30+,31+,32-,34-;16-,20-,21+,22+,23+,25-;17-,18-,19-;/m111./s1. The van der Waals surface area contributed by atoms with Gasteiger partial charge in [-0.2, -0.15) is 0 Å². The summed E-state index contributed by atoms with van der Waals surface area (Å²) in [5.74, 6) is 5.72. The molecule has 2 heterocycles. The number of fused-ring (bicyclic) bond motifs is 2. The van der Waals surface area contributed by atoms with Crippen LogP contribution in [0.4, 0.5) is 4.70 Å². The number of hydrogen-bond acceptors (Lipinski definition) is 8. The van der Waals surface area contributed by atoms with Crippen molar-refractivity contribution in [1.82, 2.24) is 0 Å². The predicted octanol–water partition coefficient (Wildman–Crippen LogP) is 20.2. The van der Waals surface area contributed by atoms with Gasteiger partial charge in [0.15, 0.2) is 16.6 Å². The third kappa shape index (κ3) is 16.8. The molecule has 7 aliphatic rings. The van der Waals surface area contributed by atoms with Gasteiger partial charge in [0.1, 0.15) is 12.2 Å². The first-order valence-electron chi connectivity index (χ1n) is 34.6. The molecule has 2 saturated heterocycles. The topological polar surface area (TPSA) is 112 Å². The minimum Gasteiger partial charge on any atom is -0.458 e. The Balaban J connectivity index is 0.000000225. The fourth-order valence-corrected chi connectivity index (χ4v) is 20.3. The van der Waals surface area contributed by atoms with Gasteiger partial charge in [-0.25, -0.2) is 9.59 Å². The molecule has 508 valence electrons. The number of benzene rings is 2. The molecule has 9 rings (SSSR count). The lowest BCUT2D eigenvalue weighted by atomic mass is 9.60. The molecule has 12 heteroatoms. The molecule has 2 aliphatic heterocycles. The summed E-state index contributed by atoms with van der Waals surface area (Å²) in [6.45, 7) is 52.8. The van der Waals surface area contributed by atoms with Crippen molar-refractivity contribution in [2.45, 2.75) is 258 Å². The molecule has 2 aromatic rings. The monoisotopic (exact) mass is 1360 g/mol. The molecular formula is C80H118BrFO8Si2. The Kier molecular flexibility index (Phi) is 26.2. The van der Waals surface area contributed by atoms with Gasteiger partial charge < -0.3 is 28.5 Å². The summed E-state index contributed by atoms with van der Waals surface area (Å²) in [4.78, 5) is 27.0. The van der Waals surface area contributed by atoms with Crippen LogP contribution >= 0.6 is 15.9 Å². The largest absolute Gasteiger partial charge is 0.458 e. The van der Waals surface area contributed by atoms with Gasteiger partial charge >= 0.3 is 11.9 Å². The van der Waals surface area contributed by atoms with Gasteiger partial charge in [-0.3, -0.25) is 4.70 Å². The van der Waals surface area contributed by atoms with Gasteiger partial charge in [0.25, 0.3) is 0 Å². The molecule has 7 fully saturated rings. The molecule has 92 heavy (non-hydrogen) atoms. The molecule has 0 spiro atoms. The third-order valence-electron chi connectivity index (χ3n) is 24.6. The molecule has 5 aliphatic carbocycles. The van der Waals surface area contributed by atoms with E-state index < -0.39 is 28.8 Å². The average molecular weight is 1360 g/mol. The lowest BCUT2D eigenvalue weighted by Gasteiger charge is -2.45. The molecule has 5 saturated carbocycles. The first-order chi connectivity index (χ1) is 42.6. The number of cyclic esters (lactones) is 2. The zero-order valence-corrected chi connectivity index (χ0v) is 62.8. The minimum absolute atomic E-state index is 0. The van der Waals surface area contributed by atoms with E-state index in [1.807, 2.05) is 49.4 Å². The molecule has 0 bridgehead atoms. The summed E-state index contributed by atoms with van der Waals surface area (Å²) in [5, 5.41) is 21.2. The highest BCUT2D eigenvalue weighted by Crippen LogP contribution is 2.62. The quantitative estimate of drug-likeness (QED) is 0.0530. The van der Waals surface area contributed by atoms with Crippen molar-refractivity contribution in [3.8, 4) is 12.3 Å². The number of aliphatic hydroxyl groups is 2. The number of carbonyl (C=O) groups excluding carboxylic acids is 2. The number of halogens is 2. The summed E-state index contributed by atoms with van der Waals surface area (Å²) in [5.41, 5.74) is 8.87. The van der Waals surface area contributed by atoms with Crippen LogP contribution in [0.5, 0.6) is 0 Å². The van der Waals surface area contributed by atoms with Crippen molar-refractivity contribution in [2.75, 3.05) is 0 Å². The number of hydrogen-bond donors (Lipinski definition) is 2. The van der Waals surface area contributed by atoms with E-state index in [2.05, 4.69) is 192 Å². The number of ether oxygens (including phenoxy) is 2. The van der Waals surface area contributed by atoms with Gasteiger partial charge in [-0.05, 0) is 193 Å². The van der Waals surface area contributed by atoms with Crippen LogP contribution < -0.4 is 0 Å². The van der Waals surface area contributed by atoms with Gasteiger partial charge in [-0.1, -0.05) is 209 Å². The zero-order chi connectivity index (χ0) is 67.3. The van der Waals surface area contributed by atoms with E-state index in [0.29, 0.717) is 64.9 Å². The fraction of sp³-hybridized carbons (Fsp3) is 0.625. The van der Waals surface area contributed by atoms with Crippen LogP contribution in [-0.4, -0.2) is 75.4 Å². The molecule has 0 radical (unpaired) electrons. The van der Waals surface area contributed by atoms with Crippen LogP contribution in [0.3, 0.4) is 0 Å². The number of terminal acetylenes is 1. The highest BCUT2D eigenvalue weighted by molar-refractivity contribution is 9.11. The number of esters is 2. The number of aliphatic hydroxyl groups excluding tert-OH is 2. The van der Waals surface area contributed by atoms with Crippen LogP contribution in [0.1, 0.15) is 196 Å². The smallest absolute Gasteiger partial charge is 0.334 e. The number of rotatable bonds is 17. The lowest BCUT2D eigenvalue weighted by Crippen LogP contribution is -2.50. The minimum atomic E-state index is -1.90. The SMILES string of the molecule is C#CC[C@@H](O[Si](C)(C)C(C)(C)C)[C@H](C)[C@@H](C=C)O[Si](C)(C)C(C)(C)C.C=C1/C(=C\C=C2/CCC[C@]3(C)[C@@H]([C@H](C)C[C@@H]4OC(=O)C(=C)[C@H]4c4ccccc4)CC[C@@H]23)C[C@@H](O)[C@H](C)[C@@H]1O.C=C1C(=O)O[C@@H](C[C@@H](C)[C@H]2CC[C@H]3/C(=C/Br)CCC[C@]23C)[C@@H]1c1ccccc1.F. The Hall–Kier alpha value is -4.20. The second-order valence-electron chi connectivity index (χ2n) is 32.3. The van der Waals surface area contributed by atoms with E-state index >= 15 is 0 Å². The Bertz CT molecular complexity index is 3040. The van der Waals surface area contributed by atoms with E-state index in [-0.39, 0.29) is 80.2 Å². The summed E-state index contributed by atoms with van der Waals surface area (Å²) in [6.07, 6.45) is 25.7. The Morgan fingerprint density at radius 1 is 0.707 bits per heavy atom. The van der Waals surface area contributed by atoms with Gasteiger partial charge in [0.05, 0.1) is 36.3 Å². The summed E-state index contributed by atoms with van der Waals surface area (Å²) in [7, 11) is -3.78. The maximum Gasteiger partial charge on any atom is 0.334 e. The molecule has 8 nitrogen and oxygen atoms in total. The van der Waals surface area contributed by atoms with Crippen molar-refractivity contribution >= 4 is 44.5 Å². The van der Waals surface area contributed by atoms with Crippen molar-refractivity contribution in [2.24, 2.45) is 58.2 Å². The highest BCUT2D eigenvalue weighted by Gasteiger charge is 2.54. The van der Waals surface area contributed by atoms with Crippen molar-refractivity contribution in [1.29, 1.82) is 0 Å². The second kappa shape index (κ2) is 31.3. The van der Waals surface area contributed by atoms with Crippen molar-refractivity contribution < 1.29 is 42.8 Å². The number of carbonyl (C=O) groups is 2.